The first kappa shape index (κ1) is 11.3. The molecule has 2 N–H and O–H groups in total. The Morgan fingerprint density at radius 2 is 2.50 bits per heavy atom. The van der Waals surface area contributed by atoms with Crippen molar-refractivity contribution < 1.29 is 9.26 Å². The number of hydrogen-bond donors (Lipinski definition) is 1. The van der Waals surface area contributed by atoms with Gasteiger partial charge in [-0.1, -0.05) is 5.16 Å². The second-order valence-corrected chi connectivity index (χ2v) is 4.10. The van der Waals surface area contributed by atoms with Gasteiger partial charge < -0.3 is 15.0 Å². The summed E-state index contributed by atoms with van der Waals surface area (Å²) in [6.07, 6.45) is 0.472. The number of rotatable bonds is 5. The van der Waals surface area contributed by atoms with Gasteiger partial charge in [0.25, 0.3) is 0 Å². The van der Waals surface area contributed by atoms with Crippen LogP contribution in [0.25, 0.3) is 11.4 Å². The highest BCUT2D eigenvalue weighted by atomic mass is 32.1. The smallest absolute Gasteiger partial charge is 0.229 e. The Balaban J connectivity index is 2.08. The SMILES string of the molecule is COC(CN)Cc1nc(-c2ccsc2)no1. The first-order chi connectivity index (χ1) is 7.83. The molecule has 0 aliphatic carbocycles. The van der Waals surface area contributed by atoms with E-state index in [0.29, 0.717) is 24.7 Å². The Kier molecular flexibility index (Phi) is 3.66. The number of nitrogens with zero attached hydrogens (tertiary/aromatic N) is 2. The van der Waals surface area contributed by atoms with E-state index in [1.807, 2.05) is 16.8 Å². The molecule has 16 heavy (non-hydrogen) atoms. The van der Waals surface area contributed by atoms with Crippen molar-refractivity contribution in [2.45, 2.75) is 12.5 Å². The molecule has 1 atom stereocenters. The Bertz CT molecular complexity index is 423. The van der Waals surface area contributed by atoms with Crippen molar-refractivity contribution in [2.75, 3.05) is 13.7 Å². The van der Waals surface area contributed by atoms with Crippen LogP contribution in [0.1, 0.15) is 5.89 Å². The summed E-state index contributed by atoms with van der Waals surface area (Å²) >= 11 is 1.60. The van der Waals surface area contributed by atoms with Gasteiger partial charge in [0.05, 0.1) is 12.5 Å². The lowest BCUT2D eigenvalue weighted by Gasteiger charge is -2.08. The van der Waals surface area contributed by atoms with Gasteiger partial charge in [-0.2, -0.15) is 16.3 Å². The molecule has 0 bridgehead atoms. The van der Waals surface area contributed by atoms with Crippen molar-refractivity contribution in [3.63, 3.8) is 0 Å². The van der Waals surface area contributed by atoms with Crippen LogP contribution in [0.2, 0.25) is 0 Å². The maximum absolute atomic E-state index is 5.52. The Labute approximate surface area is 97.2 Å². The monoisotopic (exact) mass is 239 g/mol. The second-order valence-electron chi connectivity index (χ2n) is 3.32. The van der Waals surface area contributed by atoms with Crippen molar-refractivity contribution in [3.8, 4) is 11.4 Å². The van der Waals surface area contributed by atoms with Gasteiger partial charge >= 0.3 is 0 Å². The summed E-state index contributed by atoms with van der Waals surface area (Å²) in [6, 6.07) is 1.95. The summed E-state index contributed by atoms with van der Waals surface area (Å²) in [6.45, 7) is 0.437. The lowest BCUT2D eigenvalue weighted by molar-refractivity contribution is 0.102. The molecule has 6 heteroatoms. The predicted octanol–water partition coefficient (Wildman–Crippen LogP) is 1.31. The largest absolute Gasteiger partial charge is 0.380 e. The van der Waals surface area contributed by atoms with Crippen LogP contribution in [0.4, 0.5) is 0 Å². The molecular formula is C10H13N3O2S. The van der Waals surface area contributed by atoms with E-state index in [-0.39, 0.29) is 6.10 Å². The summed E-state index contributed by atoms with van der Waals surface area (Å²) in [7, 11) is 1.62. The van der Waals surface area contributed by atoms with Gasteiger partial charge in [-0.15, -0.1) is 0 Å². The van der Waals surface area contributed by atoms with Crippen molar-refractivity contribution in [1.82, 2.24) is 10.1 Å². The summed E-state index contributed by atoms with van der Waals surface area (Å²) in [4.78, 5) is 4.28. The van der Waals surface area contributed by atoms with Crippen LogP contribution in [0.15, 0.2) is 21.3 Å². The topological polar surface area (TPSA) is 74.2 Å². The van der Waals surface area contributed by atoms with Gasteiger partial charge in [0.15, 0.2) is 0 Å². The summed E-state index contributed by atoms with van der Waals surface area (Å²) in [5.41, 5.74) is 6.49. The molecule has 0 saturated heterocycles. The molecule has 2 aromatic rings. The molecule has 0 amide bonds. The van der Waals surface area contributed by atoms with Crippen LogP contribution >= 0.6 is 11.3 Å². The van der Waals surface area contributed by atoms with Crippen molar-refractivity contribution in [3.05, 3.63) is 22.7 Å². The molecule has 0 fully saturated rings. The molecular weight excluding hydrogens is 226 g/mol. The van der Waals surface area contributed by atoms with Crippen molar-refractivity contribution in [1.29, 1.82) is 0 Å². The van der Waals surface area contributed by atoms with E-state index in [0.717, 1.165) is 5.56 Å². The van der Waals surface area contributed by atoms with E-state index in [1.54, 1.807) is 18.4 Å². The summed E-state index contributed by atoms with van der Waals surface area (Å²) in [5.74, 6) is 1.17. The van der Waals surface area contributed by atoms with Crippen LogP contribution < -0.4 is 5.73 Å². The maximum Gasteiger partial charge on any atom is 0.229 e. The van der Waals surface area contributed by atoms with E-state index in [4.69, 9.17) is 15.0 Å². The van der Waals surface area contributed by atoms with Gasteiger partial charge in [0, 0.05) is 24.6 Å². The van der Waals surface area contributed by atoms with E-state index >= 15 is 0 Å². The molecule has 2 heterocycles. The first-order valence-electron chi connectivity index (χ1n) is 4.91. The van der Waals surface area contributed by atoms with Gasteiger partial charge in [-0.05, 0) is 11.4 Å². The molecule has 0 aliphatic heterocycles. The van der Waals surface area contributed by atoms with Gasteiger partial charge in [0.2, 0.25) is 11.7 Å². The molecule has 0 aromatic carbocycles. The molecule has 0 radical (unpaired) electrons. The Morgan fingerprint density at radius 1 is 1.62 bits per heavy atom. The summed E-state index contributed by atoms with van der Waals surface area (Å²) < 4.78 is 10.3. The predicted molar refractivity (Wildman–Crippen MR) is 61.2 cm³/mol. The van der Waals surface area contributed by atoms with Crippen LogP contribution in [0.3, 0.4) is 0 Å². The van der Waals surface area contributed by atoms with Gasteiger partial charge in [0.1, 0.15) is 0 Å². The normalized spacial score (nSPS) is 12.9. The van der Waals surface area contributed by atoms with Gasteiger partial charge in [-0.25, -0.2) is 0 Å². The number of methoxy groups -OCH3 is 1. The lowest BCUT2D eigenvalue weighted by Crippen LogP contribution is -2.24. The van der Waals surface area contributed by atoms with E-state index in [1.165, 1.54) is 0 Å². The third-order valence-corrected chi connectivity index (χ3v) is 2.93. The molecule has 0 aliphatic rings. The van der Waals surface area contributed by atoms with E-state index < -0.39 is 0 Å². The standard InChI is InChI=1S/C10H13N3O2S/c1-14-8(5-11)4-9-12-10(13-15-9)7-2-3-16-6-7/h2-3,6,8H,4-5,11H2,1H3. The molecule has 5 nitrogen and oxygen atoms in total. The van der Waals surface area contributed by atoms with Crippen LogP contribution in [0, 0.1) is 0 Å². The third-order valence-electron chi connectivity index (χ3n) is 2.25. The molecule has 0 saturated carbocycles. The second kappa shape index (κ2) is 5.20. The summed E-state index contributed by atoms with van der Waals surface area (Å²) in [5, 5.41) is 7.86. The fraction of sp³-hybridized carbons (Fsp3) is 0.400. The average Bonchev–Trinajstić information content (AvgIpc) is 2.96. The minimum atomic E-state index is -0.0734. The molecule has 1 unspecified atom stereocenters. The number of thiophene rings is 1. The zero-order valence-corrected chi connectivity index (χ0v) is 9.74. The molecule has 2 aromatic heterocycles. The fourth-order valence-electron chi connectivity index (χ4n) is 1.30. The quantitative estimate of drug-likeness (QED) is 0.851. The van der Waals surface area contributed by atoms with Crippen LogP contribution in [0.5, 0.6) is 0 Å². The minimum absolute atomic E-state index is 0.0734. The lowest BCUT2D eigenvalue weighted by atomic mass is 10.2. The molecule has 0 spiro atoms. The minimum Gasteiger partial charge on any atom is -0.380 e. The van der Waals surface area contributed by atoms with E-state index in [2.05, 4.69) is 10.1 Å². The molecule has 2 rings (SSSR count). The van der Waals surface area contributed by atoms with Crippen LogP contribution in [-0.2, 0) is 11.2 Å². The van der Waals surface area contributed by atoms with Crippen molar-refractivity contribution >= 4 is 11.3 Å². The first-order valence-corrected chi connectivity index (χ1v) is 5.85. The number of nitrogens with two attached hydrogens (primary N) is 1. The molecule has 86 valence electrons. The maximum atomic E-state index is 5.52. The number of hydrogen-bond acceptors (Lipinski definition) is 6. The Hall–Kier alpha value is -1.24. The fourth-order valence-corrected chi connectivity index (χ4v) is 1.94. The number of aromatic nitrogens is 2. The van der Waals surface area contributed by atoms with Gasteiger partial charge in [-0.3, -0.25) is 0 Å². The Morgan fingerprint density at radius 3 is 3.12 bits per heavy atom. The highest BCUT2D eigenvalue weighted by molar-refractivity contribution is 7.08. The zero-order chi connectivity index (χ0) is 11.4. The highest BCUT2D eigenvalue weighted by Crippen LogP contribution is 2.19. The average molecular weight is 239 g/mol. The zero-order valence-electron chi connectivity index (χ0n) is 8.92. The third kappa shape index (κ3) is 2.46. The number of ether oxygens (including phenoxy) is 1. The van der Waals surface area contributed by atoms with E-state index in [9.17, 15) is 0 Å². The highest BCUT2D eigenvalue weighted by Gasteiger charge is 2.13. The van der Waals surface area contributed by atoms with Crippen molar-refractivity contribution in [2.24, 2.45) is 5.73 Å². The van der Waals surface area contributed by atoms with Crippen LogP contribution in [-0.4, -0.2) is 29.9 Å².